The molecule has 5 nitrogen and oxygen atoms in total. The van der Waals surface area contributed by atoms with Gasteiger partial charge in [-0.2, -0.15) is 0 Å². The Morgan fingerprint density at radius 3 is 2.42 bits per heavy atom. The molecule has 0 saturated heterocycles. The third-order valence-corrected chi connectivity index (χ3v) is 5.61. The molecular formula is C18H31N3O2S. The molecule has 0 saturated carbocycles. The minimum absolute atomic E-state index is 0.0219. The van der Waals surface area contributed by atoms with Crippen molar-refractivity contribution in [3.8, 4) is 0 Å². The van der Waals surface area contributed by atoms with E-state index in [1.807, 2.05) is 26.2 Å². The van der Waals surface area contributed by atoms with Crippen molar-refractivity contribution in [2.24, 2.45) is 23.3 Å². The van der Waals surface area contributed by atoms with E-state index in [0.29, 0.717) is 11.4 Å². The second-order valence-corrected chi connectivity index (χ2v) is 7.46. The average molecular weight is 354 g/mol. The molecule has 0 spiro atoms. The summed E-state index contributed by atoms with van der Waals surface area (Å²) in [4.78, 5) is 30.0. The molecule has 6 heteroatoms. The van der Waals surface area contributed by atoms with Crippen LogP contribution in [0, 0.1) is 18.8 Å². The van der Waals surface area contributed by atoms with Gasteiger partial charge in [-0.15, -0.1) is 11.3 Å². The number of carbonyl (C=O) groups excluding carboxylic acids is 2. The van der Waals surface area contributed by atoms with Crippen molar-refractivity contribution in [3.05, 3.63) is 16.1 Å². The van der Waals surface area contributed by atoms with Gasteiger partial charge in [0.05, 0.1) is 18.0 Å². The van der Waals surface area contributed by atoms with Gasteiger partial charge in [0.1, 0.15) is 10.8 Å². The topological polar surface area (TPSA) is 99.1 Å². The summed E-state index contributed by atoms with van der Waals surface area (Å²) in [5.74, 6) is -1.22. The highest BCUT2D eigenvalue weighted by atomic mass is 32.1. The molecule has 0 bridgehead atoms. The molecule has 0 aliphatic rings. The van der Waals surface area contributed by atoms with E-state index in [1.165, 1.54) is 11.3 Å². The van der Waals surface area contributed by atoms with Crippen LogP contribution in [-0.4, -0.2) is 22.6 Å². The maximum absolute atomic E-state index is 12.9. The fourth-order valence-corrected chi connectivity index (χ4v) is 3.48. The van der Waals surface area contributed by atoms with Crippen molar-refractivity contribution in [1.29, 1.82) is 0 Å². The minimum atomic E-state index is -0.892. The van der Waals surface area contributed by atoms with Crippen molar-refractivity contribution >= 4 is 22.9 Å². The number of aromatic nitrogens is 1. The molecule has 136 valence electrons. The molecule has 1 heterocycles. The lowest BCUT2D eigenvalue weighted by atomic mass is 9.82. The zero-order valence-corrected chi connectivity index (χ0v) is 16.1. The predicted molar refractivity (Wildman–Crippen MR) is 98.9 cm³/mol. The van der Waals surface area contributed by atoms with Crippen LogP contribution < -0.4 is 11.5 Å². The monoisotopic (exact) mass is 353 g/mol. The van der Waals surface area contributed by atoms with Gasteiger partial charge in [0, 0.05) is 17.5 Å². The van der Waals surface area contributed by atoms with Gasteiger partial charge >= 0.3 is 0 Å². The first-order valence-corrected chi connectivity index (χ1v) is 9.71. The maximum atomic E-state index is 12.9. The van der Waals surface area contributed by atoms with Gasteiger partial charge in [0.2, 0.25) is 0 Å². The summed E-state index contributed by atoms with van der Waals surface area (Å²) >= 11 is 1.39. The fraction of sp³-hybridized carbons (Fsp3) is 0.722. The molecule has 1 rings (SSSR count). The van der Waals surface area contributed by atoms with Crippen LogP contribution in [0.1, 0.15) is 69.6 Å². The molecule has 1 aromatic heterocycles. The van der Waals surface area contributed by atoms with Gasteiger partial charge in [-0.3, -0.25) is 9.59 Å². The average Bonchev–Trinajstić information content (AvgIpc) is 3.00. The van der Waals surface area contributed by atoms with E-state index in [0.717, 1.165) is 31.4 Å². The number of thiazole rings is 1. The second kappa shape index (κ2) is 10.0. The van der Waals surface area contributed by atoms with Gasteiger partial charge in [-0.1, -0.05) is 40.0 Å². The summed E-state index contributed by atoms with van der Waals surface area (Å²) in [6.07, 6.45) is 3.93. The van der Waals surface area contributed by atoms with Crippen molar-refractivity contribution in [2.75, 3.05) is 0 Å². The van der Waals surface area contributed by atoms with Gasteiger partial charge in [-0.05, 0) is 19.3 Å². The highest BCUT2D eigenvalue weighted by Gasteiger charge is 2.38. The van der Waals surface area contributed by atoms with Crippen LogP contribution in [0.4, 0.5) is 0 Å². The molecule has 0 aliphatic carbocycles. The van der Waals surface area contributed by atoms with Crippen LogP contribution in [0.15, 0.2) is 5.38 Å². The van der Waals surface area contributed by atoms with Crippen LogP contribution in [0.2, 0.25) is 0 Å². The quantitative estimate of drug-likeness (QED) is 0.470. The Balaban J connectivity index is 3.01. The van der Waals surface area contributed by atoms with Gasteiger partial charge < -0.3 is 11.5 Å². The number of nitrogens with two attached hydrogens (primary N) is 2. The van der Waals surface area contributed by atoms with E-state index in [9.17, 15) is 9.59 Å². The Labute approximate surface area is 149 Å². The number of aryl methyl sites for hydroxylation is 1. The third kappa shape index (κ3) is 5.46. The summed E-state index contributed by atoms with van der Waals surface area (Å²) in [6.45, 7) is 7.87. The molecular weight excluding hydrogens is 322 g/mol. The summed E-state index contributed by atoms with van der Waals surface area (Å²) < 4.78 is 0. The number of hydrogen-bond donors (Lipinski definition) is 2. The molecule has 2 unspecified atom stereocenters. The van der Waals surface area contributed by atoms with Crippen molar-refractivity contribution in [1.82, 2.24) is 4.98 Å². The third-order valence-electron chi connectivity index (χ3n) is 4.55. The number of carbonyl (C=O) groups is 2. The van der Waals surface area contributed by atoms with E-state index in [2.05, 4.69) is 11.9 Å². The van der Waals surface area contributed by atoms with E-state index in [4.69, 9.17) is 11.5 Å². The van der Waals surface area contributed by atoms with E-state index in [1.54, 1.807) is 0 Å². The zero-order chi connectivity index (χ0) is 18.3. The number of rotatable bonds is 11. The Hall–Kier alpha value is -1.11. The van der Waals surface area contributed by atoms with E-state index >= 15 is 0 Å². The first kappa shape index (κ1) is 20.9. The van der Waals surface area contributed by atoms with Crippen molar-refractivity contribution < 1.29 is 9.59 Å². The normalized spacial score (nSPS) is 16.4. The maximum Gasteiger partial charge on any atom is 0.162 e. The minimum Gasteiger partial charge on any atom is -0.321 e. The van der Waals surface area contributed by atoms with Crippen LogP contribution in [0.3, 0.4) is 0 Å². The highest BCUT2D eigenvalue weighted by Crippen LogP contribution is 2.28. The molecule has 24 heavy (non-hydrogen) atoms. The lowest BCUT2D eigenvalue weighted by molar-refractivity contribution is -0.135. The van der Waals surface area contributed by atoms with Crippen molar-refractivity contribution in [2.45, 2.75) is 71.9 Å². The predicted octanol–water partition coefficient (Wildman–Crippen LogP) is 3.16. The number of nitrogens with zero attached hydrogens (tertiary/aromatic N) is 1. The second-order valence-electron chi connectivity index (χ2n) is 6.57. The van der Waals surface area contributed by atoms with Gasteiger partial charge in [0.25, 0.3) is 0 Å². The molecule has 4 N–H and O–H groups in total. The first-order valence-electron chi connectivity index (χ1n) is 8.83. The van der Waals surface area contributed by atoms with Crippen LogP contribution in [0.25, 0.3) is 0 Å². The number of unbranched alkanes of at least 4 members (excludes halogenated alkanes) is 2. The SMILES string of the molecule is CCCCCC(=O)C(C(=O)[C@@H](N)[C@@H](C)CC)C(N)c1nc(C)cs1. The Morgan fingerprint density at radius 1 is 1.25 bits per heavy atom. The smallest absolute Gasteiger partial charge is 0.162 e. The molecule has 0 fully saturated rings. The number of Topliss-reactive ketones (excluding diaryl/α,β-unsaturated/α-hetero) is 2. The highest BCUT2D eigenvalue weighted by molar-refractivity contribution is 7.09. The molecule has 0 aliphatic heterocycles. The van der Waals surface area contributed by atoms with Gasteiger partial charge in [-0.25, -0.2) is 4.98 Å². The largest absolute Gasteiger partial charge is 0.321 e. The Kier molecular flexibility index (Phi) is 8.73. The standard InChI is InChI=1S/C18H31N3O2S/c1-5-7-8-9-13(22)14(17(23)15(19)11(3)6-2)16(20)18-21-12(4)10-24-18/h10-11,14-16H,5-9,19-20H2,1-4H3/t11-,14?,15-,16?/m0/s1. The number of hydrogen-bond acceptors (Lipinski definition) is 6. The summed E-state index contributed by atoms with van der Waals surface area (Å²) in [5.41, 5.74) is 13.2. The summed E-state index contributed by atoms with van der Waals surface area (Å²) in [6, 6.07) is -1.37. The molecule has 0 aromatic carbocycles. The Bertz CT molecular complexity index is 544. The van der Waals surface area contributed by atoms with E-state index in [-0.39, 0.29) is 17.5 Å². The van der Waals surface area contributed by atoms with Crippen LogP contribution in [-0.2, 0) is 9.59 Å². The van der Waals surface area contributed by atoms with Crippen LogP contribution in [0.5, 0.6) is 0 Å². The molecule has 0 amide bonds. The van der Waals surface area contributed by atoms with Crippen LogP contribution >= 0.6 is 11.3 Å². The summed E-state index contributed by atoms with van der Waals surface area (Å²) in [7, 11) is 0. The zero-order valence-electron chi connectivity index (χ0n) is 15.2. The Morgan fingerprint density at radius 2 is 1.92 bits per heavy atom. The molecule has 0 radical (unpaired) electrons. The summed E-state index contributed by atoms with van der Waals surface area (Å²) in [5, 5.41) is 2.51. The molecule has 4 atom stereocenters. The first-order chi connectivity index (χ1) is 11.3. The fourth-order valence-electron chi connectivity index (χ4n) is 2.65. The van der Waals surface area contributed by atoms with Gasteiger partial charge in [0.15, 0.2) is 5.78 Å². The van der Waals surface area contributed by atoms with E-state index < -0.39 is 18.0 Å². The lowest BCUT2D eigenvalue weighted by Gasteiger charge is -2.26. The number of ketones is 2. The lowest BCUT2D eigenvalue weighted by Crippen LogP contribution is -2.46. The molecule has 1 aromatic rings. The van der Waals surface area contributed by atoms with Crippen molar-refractivity contribution in [3.63, 3.8) is 0 Å².